The molecule has 0 unspecified atom stereocenters. The Bertz CT molecular complexity index is 1410. The lowest BCUT2D eigenvalue weighted by molar-refractivity contribution is 0.0949. The zero-order valence-corrected chi connectivity index (χ0v) is 22.8. The van der Waals surface area contributed by atoms with Gasteiger partial charge in [0.1, 0.15) is 11.6 Å². The van der Waals surface area contributed by atoms with Crippen LogP contribution in [-0.2, 0) is 0 Å². The molecule has 1 aliphatic carbocycles. The Hall–Kier alpha value is -4.47. The Morgan fingerprint density at radius 1 is 0.854 bits per heavy atom. The molecule has 1 aliphatic heterocycles. The van der Waals surface area contributed by atoms with Gasteiger partial charge in [0.2, 0.25) is 0 Å². The number of carbonyl (C=O) groups excluding carboxylic acids is 3. The highest BCUT2D eigenvalue weighted by atomic mass is 19.1. The molecular formula is C31H33F2N5O3. The molecule has 214 valence electrons. The van der Waals surface area contributed by atoms with Crippen LogP contribution in [0.5, 0.6) is 0 Å². The second-order valence-electron chi connectivity index (χ2n) is 10.3. The number of anilines is 2. The van der Waals surface area contributed by atoms with Crippen LogP contribution in [0.3, 0.4) is 0 Å². The first kappa shape index (κ1) is 28.1. The molecule has 1 saturated heterocycles. The fourth-order valence-electron chi connectivity index (χ4n) is 5.23. The number of carbonyl (C=O) groups is 3. The van der Waals surface area contributed by atoms with E-state index in [-0.39, 0.29) is 29.5 Å². The van der Waals surface area contributed by atoms with E-state index in [4.69, 9.17) is 0 Å². The minimum Gasteiger partial charge on any atom is -0.368 e. The van der Waals surface area contributed by atoms with Gasteiger partial charge in [-0.3, -0.25) is 9.59 Å². The second kappa shape index (κ2) is 12.4. The fourth-order valence-corrected chi connectivity index (χ4v) is 5.23. The van der Waals surface area contributed by atoms with Crippen LogP contribution in [0.2, 0.25) is 0 Å². The number of rotatable bonds is 7. The van der Waals surface area contributed by atoms with E-state index < -0.39 is 17.5 Å². The third-order valence-corrected chi connectivity index (χ3v) is 7.42. The summed E-state index contributed by atoms with van der Waals surface area (Å²) in [6.45, 7) is 4.56. The van der Waals surface area contributed by atoms with Crippen molar-refractivity contribution in [2.45, 2.75) is 31.7 Å². The normalized spacial score (nSPS) is 18.3. The topological polar surface area (TPSA) is 93.8 Å². The molecule has 2 fully saturated rings. The van der Waals surface area contributed by atoms with E-state index in [0.717, 1.165) is 18.6 Å². The molecule has 2 aliphatic rings. The molecule has 3 N–H and O–H groups in total. The minimum absolute atomic E-state index is 0.0174. The van der Waals surface area contributed by atoms with E-state index in [2.05, 4.69) is 16.0 Å². The maximum Gasteiger partial charge on any atom is 0.317 e. The third kappa shape index (κ3) is 6.82. The Balaban J connectivity index is 1.37. The number of nitrogens with one attached hydrogen (secondary N) is 3. The van der Waals surface area contributed by atoms with Gasteiger partial charge in [-0.25, -0.2) is 13.6 Å². The number of nitrogens with zero attached hydrogens (tertiary/aromatic N) is 2. The zero-order valence-electron chi connectivity index (χ0n) is 22.8. The van der Waals surface area contributed by atoms with E-state index in [1.165, 1.54) is 5.56 Å². The Morgan fingerprint density at radius 2 is 1.61 bits per heavy atom. The summed E-state index contributed by atoms with van der Waals surface area (Å²) in [5, 5.41) is 8.66. The summed E-state index contributed by atoms with van der Waals surface area (Å²) in [4.78, 5) is 42.4. The van der Waals surface area contributed by atoms with Crippen LogP contribution in [0.1, 0.15) is 52.0 Å². The first-order valence-corrected chi connectivity index (χ1v) is 13.9. The van der Waals surface area contributed by atoms with Crippen LogP contribution in [0.4, 0.5) is 25.0 Å². The largest absolute Gasteiger partial charge is 0.368 e. The number of hydrogen-bond donors (Lipinski definition) is 3. The summed E-state index contributed by atoms with van der Waals surface area (Å²) in [6, 6.07) is 17.6. The van der Waals surface area contributed by atoms with Gasteiger partial charge in [0.05, 0.1) is 11.4 Å². The summed E-state index contributed by atoms with van der Waals surface area (Å²) >= 11 is 0. The molecular weight excluding hydrogens is 528 g/mol. The van der Waals surface area contributed by atoms with Gasteiger partial charge < -0.3 is 25.8 Å². The fraction of sp³-hybridized carbons (Fsp3) is 0.323. The molecule has 0 aromatic heterocycles. The van der Waals surface area contributed by atoms with Crippen molar-refractivity contribution in [3.05, 3.63) is 95.1 Å². The quantitative estimate of drug-likeness (QED) is 0.388. The highest BCUT2D eigenvalue weighted by Crippen LogP contribution is 2.41. The first-order chi connectivity index (χ1) is 19.8. The molecule has 5 rings (SSSR count). The SMILES string of the molecule is CCNC(=O)N1CCCN(c2ccc(C(=O)N[C@@H]3C[C@H]3c3ccccc3)cc2NC(=O)c2cc(F)cc(F)c2)CC1. The van der Waals surface area contributed by atoms with Gasteiger partial charge in [-0.1, -0.05) is 30.3 Å². The summed E-state index contributed by atoms with van der Waals surface area (Å²) in [6.07, 6.45) is 1.54. The van der Waals surface area contributed by atoms with Crippen molar-refractivity contribution in [1.29, 1.82) is 0 Å². The molecule has 4 amide bonds. The van der Waals surface area contributed by atoms with Crippen molar-refractivity contribution >= 4 is 29.2 Å². The van der Waals surface area contributed by atoms with Gasteiger partial charge in [0.25, 0.3) is 11.8 Å². The van der Waals surface area contributed by atoms with Crippen LogP contribution >= 0.6 is 0 Å². The van der Waals surface area contributed by atoms with Crippen LogP contribution in [0.25, 0.3) is 0 Å². The summed E-state index contributed by atoms with van der Waals surface area (Å²) in [5.41, 5.74) is 2.34. The Kier molecular flexibility index (Phi) is 8.47. The van der Waals surface area contributed by atoms with E-state index in [1.807, 2.05) is 42.2 Å². The van der Waals surface area contributed by atoms with Crippen molar-refractivity contribution in [3.63, 3.8) is 0 Å². The number of benzene rings is 3. The number of urea groups is 1. The van der Waals surface area contributed by atoms with E-state index in [0.29, 0.717) is 62.1 Å². The lowest BCUT2D eigenvalue weighted by atomic mass is 10.1. The van der Waals surface area contributed by atoms with Crippen molar-refractivity contribution in [3.8, 4) is 0 Å². The van der Waals surface area contributed by atoms with E-state index in [9.17, 15) is 23.2 Å². The molecule has 8 nitrogen and oxygen atoms in total. The Labute approximate surface area is 237 Å². The van der Waals surface area contributed by atoms with E-state index >= 15 is 0 Å². The maximum atomic E-state index is 13.8. The molecule has 0 spiro atoms. The highest BCUT2D eigenvalue weighted by molar-refractivity contribution is 6.07. The van der Waals surface area contributed by atoms with Crippen LogP contribution in [-0.4, -0.2) is 61.5 Å². The van der Waals surface area contributed by atoms with Gasteiger partial charge in [0, 0.05) is 61.9 Å². The predicted octanol–water partition coefficient (Wildman–Crippen LogP) is 4.74. The molecule has 3 aromatic carbocycles. The van der Waals surface area contributed by atoms with Gasteiger partial charge in [-0.2, -0.15) is 0 Å². The Morgan fingerprint density at radius 3 is 2.34 bits per heavy atom. The van der Waals surface area contributed by atoms with Gasteiger partial charge in [-0.05, 0) is 55.7 Å². The van der Waals surface area contributed by atoms with Crippen molar-refractivity contribution in [2.75, 3.05) is 42.9 Å². The third-order valence-electron chi connectivity index (χ3n) is 7.42. The maximum absolute atomic E-state index is 13.8. The molecule has 1 heterocycles. The molecule has 41 heavy (non-hydrogen) atoms. The minimum atomic E-state index is -0.862. The van der Waals surface area contributed by atoms with Gasteiger partial charge in [-0.15, -0.1) is 0 Å². The summed E-state index contributed by atoms with van der Waals surface area (Å²) < 4.78 is 27.7. The van der Waals surface area contributed by atoms with E-state index in [1.54, 1.807) is 23.1 Å². The van der Waals surface area contributed by atoms with Crippen molar-refractivity contribution in [2.24, 2.45) is 0 Å². The summed E-state index contributed by atoms with van der Waals surface area (Å²) in [5.74, 6) is -2.44. The number of halogens is 2. The average molecular weight is 562 g/mol. The highest BCUT2D eigenvalue weighted by Gasteiger charge is 2.39. The van der Waals surface area contributed by atoms with Crippen molar-refractivity contribution < 1.29 is 23.2 Å². The van der Waals surface area contributed by atoms with Gasteiger partial charge in [0.15, 0.2) is 0 Å². The standard InChI is InChI=1S/C31H33F2N5O3/c1-2-34-31(41)38-12-6-11-37(13-14-38)28-10-9-21(29(39)35-26-19-25(26)20-7-4-3-5-8-20)17-27(28)36-30(40)22-15-23(32)18-24(33)16-22/h3-5,7-10,15-18,25-26H,2,6,11-14,19H2,1H3,(H,34,41)(H,35,39)(H,36,40)/t25-,26+/m0/s1. The predicted molar refractivity (Wildman–Crippen MR) is 153 cm³/mol. The van der Waals surface area contributed by atoms with Crippen molar-refractivity contribution in [1.82, 2.24) is 15.5 Å². The lowest BCUT2D eigenvalue weighted by Gasteiger charge is -2.26. The first-order valence-electron chi connectivity index (χ1n) is 13.9. The summed E-state index contributed by atoms with van der Waals surface area (Å²) in [7, 11) is 0. The smallest absolute Gasteiger partial charge is 0.317 e. The van der Waals surface area contributed by atoms with Crippen LogP contribution < -0.4 is 20.9 Å². The zero-order chi connectivity index (χ0) is 28.9. The van der Waals surface area contributed by atoms with Gasteiger partial charge >= 0.3 is 6.03 Å². The molecule has 0 radical (unpaired) electrons. The molecule has 2 atom stereocenters. The average Bonchev–Trinajstić information content (AvgIpc) is 3.76. The van der Waals surface area contributed by atoms with Crippen LogP contribution in [0, 0.1) is 11.6 Å². The lowest BCUT2D eigenvalue weighted by Crippen LogP contribution is -2.42. The monoisotopic (exact) mass is 561 g/mol. The van der Waals surface area contributed by atoms with Crippen LogP contribution in [0.15, 0.2) is 66.7 Å². The molecule has 3 aromatic rings. The molecule has 10 heteroatoms. The molecule has 0 bridgehead atoms. The number of amides is 4. The molecule has 1 saturated carbocycles. The number of hydrogen-bond acceptors (Lipinski definition) is 4. The second-order valence-corrected chi connectivity index (χ2v) is 10.3.